The molecule has 0 aromatic heterocycles. The van der Waals surface area contributed by atoms with E-state index in [9.17, 15) is 9.59 Å². The van der Waals surface area contributed by atoms with Crippen LogP contribution in [0.25, 0.3) is 0 Å². The van der Waals surface area contributed by atoms with E-state index in [1.54, 1.807) is 27.9 Å². The second kappa shape index (κ2) is 6.74. The highest BCUT2D eigenvalue weighted by Crippen LogP contribution is 2.03. The highest BCUT2D eigenvalue weighted by atomic mass is 16.4. The Balaban J connectivity index is 4.31. The molecule has 6 nitrogen and oxygen atoms in total. The van der Waals surface area contributed by atoms with Gasteiger partial charge in [0.2, 0.25) is 0 Å². The Kier molecular flexibility index (Phi) is 6.03. The zero-order valence-electron chi connectivity index (χ0n) is 10.7. The minimum absolute atomic E-state index is 0.152. The van der Waals surface area contributed by atoms with Crippen LogP contribution in [0.5, 0.6) is 0 Å². The number of carboxylic acids is 1. The van der Waals surface area contributed by atoms with Crippen LogP contribution < -0.4 is 0 Å². The van der Waals surface area contributed by atoms with Crippen molar-refractivity contribution in [1.29, 1.82) is 5.26 Å². The zero-order chi connectivity index (χ0) is 13.6. The van der Waals surface area contributed by atoms with Crippen LogP contribution in [0.1, 0.15) is 13.8 Å². The van der Waals surface area contributed by atoms with Crippen LogP contribution in [0, 0.1) is 23.2 Å². The Morgan fingerprint density at radius 1 is 1.24 bits per heavy atom. The first-order chi connectivity index (χ1) is 7.79. The van der Waals surface area contributed by atoms with Crippen molar-refractivity contribution >= 4 is 12.0 Å². The highest BCUT2D eigenvalue weighted by molar-refractivity contribution is 5.75. The molecule has 6 heteroatoms. The number of carbonyl (C=O) groups is 2. The van der Waals surface area contributed by atoms with Crippen molar-refractivity contribution in [2.75, 3.05) is 27.2 Å². The third-order valence-corrected chi connectivity index (χ3v) is 2.39. The number of hydrogen-bond acceptors (Lipinski definition) is 3. The molecular weight excluding hydrogens is 222 g/mol. The van der Waals surface area contributed by atoms with E-state index in [2.05, 4.69) is 0 Å². The number of nitrogens with zero attached hydrogens (tertiary/aromatic N) is 3. The largest absolute Gasteiger partial charge is 0.481 e. The minimum Gasteiger partial charge on any atom is -0.481 e. The third-order valence-electron chi connectivity index (χ3n) is 2.39. The number of carboxylic acid groups (broad SMARTS) is 1. The predicted octanol–water partition coefficient (Wildman–Crippen LogP) is 0.850. The van der Waals surface area contributed by atoms with E-state index in [0.29, 0.717) is 6.54 Å². The van der Waals surface area contributed by atoms with Gasteiger partial charge < -0.3 is 14.9 Å². The fraction of sp³-hybridized carbons (Fsp3) is 0.727. The average molecular weight is 241 g/mol. The molecule has 2 atom stereocenters. The molecule has 0 saturated heterocycles. The lowest BCUT2D eigenvalue weighted by atomic mass is 10.2. The van der Waals surface area contributed by atoms with Crippen LogP contribution in [0.4, 0.5) is 4.79 Å². The Morgan fingerprint density at radius 3 is 2.12 bits per heavy atom. The summed E-state index contributed by atoms with van der Waals surface area (Å²) < 4.78 is 0. The van der Waals surface area contributed by atoms with Gasteiger partial charge in [0.05, 0.1) is 17.9 Å². The Hall–Kier alpha value is -1.77. The van der Waals surface area contributed by atoms with Gasteiger partial charge in [-0.15, -0.1) is 0 Å². The second-order valence-electron chi connectivity index (χ2n) is 4.31. The first kappa shape index (κ1) is 15.2. The van der Waals surface area contributed by atoms with E-state index >= 15 is 0 Å². The maximum atomic E-state index is 11.8. The summed E-state index contributed by atoms with van der Waals surface area (Å²) in [5.41, 5.74) is 0. The molecule has 0 aliphatic rings. The fourth-order valence-corrected chi connectivity index (χ4v) is 1.39. The summed E-state index contributed by atoms with van der Waals surface area (Å²) in [6, 6.07) is 1.76. The van der Waals surface area contributed by atoms with Crippen molar-refractivity contribution in [2.24, 2.45) is 11.8 Å². The third kappa shape index (κ3) is 5.20. The second-order valence-corrected chi connectivity index (χ2v) is 4.31. The monoisotopic (exact) mass is 241 g/mol. The normalized spacial score (nSPS) is 13.4. The molecule has 2 amide bonds. The maximum Gasteiger partial charge on any atom is 0.319 e. The Bertz CT molecular complexity index is 324. The predicted molar refractivity (Wildman–Crippen MR) is 62.2 cm³/mol. The minimum atomic E-state index is -0.933. The van der Waals surface area contributed by atoms with Gasteiger partial charge in [0.15, 0.2) is 0 Å². The lowest BCUT2D eigenvalue weighted by molar-refractivity contribution is -0.141. The molecule has 0 spiro atoms. The number of carbonyl (C=O) groups excluding carboxylic acids is 1. The average Bonchev–Trinajstić information content (AvgIpc) is 2.27. The van der Waals surface area contributed by atoms with Crippen LogP contribution >= 0.6 is 0 Å². The van der Waals surface area contributed by atoms with Gasteiger partial charge in [-0.3, -0.25) is 4.79 Å². The van der Waals surface area contributed by atoms with E-state index in [1.807, 2.05) is 6.07 Å². The summed E-state index contributed by atoms with van der Waals surface area (Å²) in [4.78, 5) is 25.2. The smallest absolute Gasteiger partial charge is 0.319 e. The molecule has 0 aromatic rings. The van der Waals surface area contributed by atoms with Gasteiger partial charge >= 0.3 is 12.0 Å². The summed E-state index contributed by atoms with van der Waals surface area (Å²) in [7, 11) is 3.15. The van der Waals surface area contributed by atoms with Crippen molar-refractivity contribution in [3.8, 4) is 6.07 Å². The van der Waals surface area contributed by atoms with Gasteiger partial charge in [-0.1, -0.05) is 6.92 Å². The van der Waals surface area contributed by atoms with E-state index in [0.717, 1.165) is 0 Å². The van der Waals surface area contributed by atoms with Crippen molar-refractivity contribution < 1.29 is 14.7 Å². The molecule has 0 aromatic carbocycles. The maximum absolute atomic E-state index is 11.8. The molecule has 0 saturated carbocycles. The van der Waals surface area contributed by atoms with Crippen molar-refractivity contribution in [2.45, 2.75) is 13.8 Å². The van der Waals surface area contributed by atoms with Crippen LogP contribution in [-0.4, -0.2) is 54.1 Å². The van der Waals surface area contributed by atoms with Crippen LogP contribution in [0.15, 0.2) is 0 Å². The molecule has 0 bridgehead atoms. The quantitative estimate of drug-likeness (QED) is 0.773. The number of aliphatic carboxylic acids is 1. The SMILES string of the molecule is CC(C#N)CN(C)C(=O)N(C)CC(C)C(=O)O. The van der Waals surface area contributed by atoms with E-state index in [4.69, 9.17) is 10.4 Å². The molecule has 0 aliphatic carbocycles. The molecule has 0 heterocycles. The number of hydrogen-bond donors (Lipinski definition) is 1. The molecule has 0 aliphatic heterocycles. The topological polar surface area (TPSA) is 84.6 Å². The fourth-order valence-electron chi connectivity index (χ4n) is 1.39. The summed E-state index contributed by atoms with van der Waals surface area (Å²) >= 11 is 0. The van der Waals surface area contributed by atoms with E-state index in [-0.39, 0.29) is 18.5 Å². The van der Waals surface area contributed by atoms with Crippen molar-refractivity contribution in [1.82, 2.24) is 9.80 Å². The summed E-state index contributed by atoms with van der Waals surface area (Å²) in [5, 5.41) is 17.4. The number of amides is 2. The molecule has 96 valence electrons. The highest BCUT2D eigenvalue weighted by Gasteiger charge is 2.20. The first-order valence-electron chi connectivity index (χ1n) is 5.38. The van der Waals surface area contributed by atoms with Crippen LogP contribution in [0.2, 0.25) is 0 Å². The lowest BCUT2D eigenvalue weighted by Gasteiger charge is -2.26. The molecule has 1 N–H and O–H groups in total. The van der Waals surface area contributed by atoms with Crippen molar-refractivity contribution in [3.05, 3.63) is 0 Å². The number of nitriles is 1. The van der Waals surface area contributed by atoms with Gasteiger partial charge in [0, 0.05) is 27.2 Å². The van der Waals surface area contributed by atoms with Gasteiger partial charge in [-0.25, -0.2) is 4.79 Å². The molecular formula is C11H19N3O3. The van der Waals surface area contributed by atoms with E-state index in [1.165, 1.54) is 9.80 Å². The summed E-state index contributed by atoms with van der Waals surface area (Å²) in [6.07, 6.45) is 0. The Labute approximate surface area is 101 Å². The molecule has 2 unspecified atom stereocenters. The molecule has 17 heavy (non-hydrogen) atoms. The number of rotatable bonds is 5. The van der Waals surface area contributed by atoms with Crippen LogP contribution in [-0.2, 0) is 4.79 Å². The zero-order valence-corrected chi connectivity index (χ0v) is 10.7. The van der Waals surface area contributed by atoms with E-state index < -0.39 is 11.9 Å². The van der Waals surface area contributed by atoms with Gasteiger partial charge in [0.25, 0.3) is 0 Å². The molecule has 0 fully saturated rings. The lowest BCUT2D eigenvalue weighted by Crippen LogP contribution is -2.43. The Morgan fingerprint density at radius 2 is 1.71 bits per heavy atom. The summed E-state index contributed by atoms with van der Waals surface area (Å²) in [6.45, 7) is 3.76. The number of urea groups is 1. The van der Waals surface area contributed by atoms with Gasteiger partial charge in [-0.2, -0.15) is 5.26 Å². The standard InChI is InChI=1S/C11H19N3O3/c1-8(5-12)6-13(3)11(17)14(4)7-9(2)10(15)16/h8-9H,6-7H2,1-4H3,(H,15,16). The summed E-state index contributed by atoms with van der Waals surface area (Å²) in [5.74, 6) is -1.78. The van der Waals surface area contributed by atoms with Crippen LogP contribution in [0.3, 0.4) is 0 Å². The van der Waals surface area contributed by atoms with Gasteiger partial charge in [-0.05, 0) is 6.92 Å². The molecule has 0 rings (SSSR count). The van der Waals surface area contributed by atoms with Crippen molar-refractivity contribution in [3.63, 3.8) is 0 Å². The molecule has 0 radical (unpaired) electrons. The van der Waals surface area contributed by atoms with Gasteiger partial charge in [0.1, 0.15) is 0 Å². The first-order valence-corrected chi connectivity index (χ1v) is 5.38.